The van der Waals surface area contributed by atoms with Gasteiger partial charge in [-0.05, 0) is 59.9 Å². The van der Waals surface area contributed by atoms with Crippen LogP contribution in [0.4, 0.5) is 0 Å². The van der Waals surface area contributed by atoms with Crippen LogP contribution in [0.5, 0.6) is 17.2 Å². The highest BCUT2D eigenvalue weighted by molar-refractivity contribution is 5.94. The number of pyridine rings is 1. The molecule has 0 spiro atoms. The average molecular weight is 612 g/mol. The largest absolute Gasteiger partial charge is 0.494 e. The van der Waals surface area contributed by atoms with Crippen molar-refractivity contribution in [1.29, 1.82) is 0 Å². The van der Waals surface area contributed by atoms with E-state index in [1.165, 1.54) is 25.7 Å². The predicted molar refractivity (Wildman–Crippen MR) is 158 cm³/mol. The first-order valence-electron chi connectivity index (χ1n) is 14.0. The first-order valence-corrected chi connectivity index (χ1v) is 14.0. The zero-order valence-corrected chi connectivity index (χ0v) is 24.2. The van der Waals surface area contributed by atoms with E-state index in [1.807, 2.05) is 42.5 Å². The van der Waals surface area contributed by atoms with Gasteiger partial charge >= 0.3 is 5.97 Å². The van der Waals surface area contributed by atoms with Crippen LogP contribution in [-0.4, -0.2) is 76.0 Å². The Morgan fingerprint density at radius 2 is 1.82 bits per heavy atom. The van der Waals surface area contributed by atoms with Crippen molar-refractivity contribution in [2.24, 2.45) is 0 Å². The summed E-state index contributed by atoms with van der Waals surface area (Å²) in [6, 6.07) is 14.6. The number of esters is 1. The van der Waals surface area contributed by atoms with Gasteiger partial charge in [0.15, 0.2) is 5.69 Å². The van der Waals surface area contributed by atoms with Crippen molar-refractivity contribution < 1.29 is 38.5 Å². The van der Waals surface area contributed by atoms with Gasteiger partial charge < -0.3 is 29.5 Å². The van der Waals surface area contributed by atoms with Crippen molar-refractivity contribution in [3.05, 3.63) is 107 Å². The molecule has 3 aliphatic rings. The third kappa shape index (κ3) is 7.04. The van der Waals surface area contributed by atoms with Crippen LogP contribution in [0.15, 0.2) is 73.3 Å². The molecule has 13 nitrogen and oxygen atoms in total. The molecule has 45 heavy (non-hydrogen) atoms. The highest BCUT2D eigenvalue weighted by Crippen LogP contribution is 2.39. The fraction of sp³-hybridized carbons (Fsp3) is 0.219. The lowest BCUT2D eigenvalue weighted by Gasteiger charge is -2.38. The van der Waals surface area contributed by atoms with E-state index in [-0.39, 0.29) is 29.7 Å². The lowest BCUT2D eigenvalue weighted by atomic mass is 9.87. The minimum absolute atomic E-state index is 0.0203. The molecule has 2 N–H and O–H groups in total. The molecule has 2 aromatic heterocycles. The number of amides is 2. The molecule has 2 amide bonds. The standard InChI is InChI=1S/C31H27N5O6.CH2O2/c1-40-31(39)27-18-34-26(17-35-27)30(38)36-10-8-19-12-23-6-7-25(19)28(36)20-4-2-5-22(13-20)41-11-3-9-33-29(37)21-14-24(42-23)16-32-15-21;2-1-3/h2,4-7,12-18,28H,3,8-11H2,1H3,(H,33,37);1H,(H,2,3). The summed E-state index contributed by atoms with van der Waals surface area (Å²) in [5.41, 5.74) is 3.35. The minimum atomic E-state index is -0.628. The van der Waals surface area contributed by atoms with Crippen molar-refractivity contribution in [2.45, 2.75) is 18.9 Å². The van der Waals surface area contributed by atoms with Gasteiger partial charge in [0, 0.05) is 19.3 Å². The second-order valence-corrected chi connectivity index (χ2v) is 9.94. The van der Waals surface area contributed by atoms with Gasteiger partial charge in [-0.3, -0.25) is 19.4 Å². The van der Waals surface area contributed by atoms with E-state index in [2.05, 4.69) is 20.3 Å². The Kier molecular flexibility index (Phi) is 9.58. The number of ether oxygens (including phenoxy) is 3. The van der Waals surface area contributed by atoms with Gasteiger partial charge in [0.2, 0.25) is 0 Å². The van der Waals surface area contributed by atoms with E-state index in [0.717, 1.165) is 16.7 Å². The molecule has 1 atom stereocenters. The minimum Gasteiger partial charge on any atom is -0.494 e. The van der Waals surface area contributed by atoms with Crippen LogP contribution < -0.4 is 14.8 Å². The summed E-state index contributed by atoms with van der Waals surface area (Å²) < 4.78 is 16.8. The van der Waals surface area contributed by atoms with Crippen LogP contribution in [-0.2, 0) is 16.0 Å². The summed E-state index contributed by atoms with van der Waals surface area (Å²) in [4.78, 5) is 60.8. The molecule has 2 aromatic carbocycles. The number of carbonyl (C=O) groups is 4. The number of hydrogen-bond acceptors (Lipinski definition) is 10. The second-order valence-electron chi connectivity index (χ2n) is 9.94. The fourth-order valence-electron chi connectivity index (χ4n) is 5.12. The van der Waals surface area contributed by atoms with Crippen molar-refractivity contribution in [3.8, 4) is 17.2 Å². The first-order chi connectivity index (χ1) is 21.9. The number of fused-ring (bicyclic) bond motifs is 6. The number of carbonyl (C=O) groups excluding carboxylic acids is 3. The molecule has 3 aliphatic heterocycles. The maximum atomic E-state index is 13.8. The van der Waals surface area contributed by atoms with E-state index in [9.17, 15) is 14.4 Å². The zero-order chi connectivity index (χ0) is 31.8. The second kappa shape index (κ2) is 14.1. The van der Waals surface area contributed by atoms with E-state index >= 15 is 0 Å². The number of methoxy groups -OCH3 is 1. The van der Waals surface area contributed by atoms with Gasteiger partial charge in [-0.1, -0.05) is 18.2 Å². The van der Waals surface area contributed by atoms with Crippen LogP contribution in [0.3, 0.4) is 0 Å². The first kappa shape index (κ1) is 30.6. The van der Waals surface area contributed by atoms with E-state index in [1.54, 1.807) is 17.2 Å². The highest BCUT2D eigenvalue weighted by Gasteiger charge is 2.34. The summed E-state index contributed by atoms with van der Waals surface area (Å²) in [6.07, 6.45) is 6.76. The molecule has 7 rings (SSSR count). The number of carboxylic acid groups (broad SMARTS) is 1. The molecule has 0 saturated heterocycles. The molecule has 0 radical (unpaired) electrons. The fourth-order valence-corrected chi connectivity index (χ4v) is 5.12. The van der Waals surface area contributed by atoms with Crippen molar-refractivity contribution in [3.63, 3.8) is 0 Å². The molecular weight excluding hydrogens is 582 g/mol. The molecule has 5 heterocycles. The van der Waals surface area contributed by atoms with Crippen molar-refractivity contribution in [1.82, 2.24) is 25.2 Å². The molecule has 230 valence electrons. The number of benzene rings is 2. The zero-order valence-electron chi connectivity index (χ0n) is 24.2. The van der Waals surface area contributed by atoms with Crippen LogP contribution in [0.2, 0.25) is 0 Å². The summed E-state index contributed by atoms with van der Waals surface area (Å²) >= 11 is 0. The molecule has 13 heteroatoms. The molecule has 0 aliphatic carbocycles. The van der Waals surface area contributed by atoms with Gasteiger partial charge in [-0.2, -0.15) is 0 Å². The maximum Gasteiger partial charge on any atom is 0.358 e. The predicted octanol–water partition coefficient (Wildman–Crippen LogP) is 3.45. The van der Waals surface area contributed by atoms with E-state index in [0.29, 0.717) is 55.4 Å². The molecular formula is C32H29N5O8. The Morgan fingerprint density at radius 3 is 2.60 bits per heavy atom. The number of nitrogens with one attached hydrogen (secondary N) is 1. The highest BCUT2D eigenvalue weighted by atomic mass is 16.5. The third-order valence-corrected chi connectivity index (χ3v) is 7.13. The van der Waals surface area contributed by atoms with Gasteiger partial charge in [-0.25, -0.2) is 14.8 Å². The topological polar surface area (TPSA) is 170 Å². The van der Waals surface area contributed by atoms with Crippen LogP contribution >= 0.6 is 0 Å². The Bertz CT molecular complexity index is 1710. The van der Waals surface area contributed by atoms with Crippen LogP contribution in [0.1, 0.15) is 60.5 Å². The quantitative estimate of drug-likeness (QED) is 0.251. The van der Waals surface area contributed by atoms with E-state index < -0.39 is 12.0 Å². The number of nitrogens with zero attached hydrogens (tertiary/aromatic N) is 4. The van der Waals surface area contributed by atoms with Crippen molar-refractivity contribution >= 4 is 24.3 Å². The van der Waals surface area contributed by atoms with Crippen LogP contribution in [0, 0.1) is 0 Å². The molecule has 4 aromatic rings. The SMILES string of the molecule is COC(=O)c1cnc(C(=O)N2CCc3cc4ccc3C2c2cccc(c2)OCCCNC(=O)c2cncc(c2)O4)cn1.O=CO. The van der Waals surface area contributed by atoms with Gasteiger partial charge in [0.05, 0.1) is 43.9 Å². The van der Waals surface area contributed by atoms with Crippen LogP contribution in [0.25, 0.3) is 0 Å². The average Bonchev–Trinajstić information content (AvgIpc) is 3.07. The molecule has 0 saturated carbocycles. The normalized spacial score (nSPS) is 15.4. The summed E-state index contributed by atoms with van der Waals surface area (Å²) in [5, 5.41) is 9.77. The Hall–Kier alpha value is -5.85. The van der Waals surface area contributed by atoms with Gasteiger partial charge in [0.25, 0.3) is 18.3 Å². The summed E-state index contributed by atoms with van der Waals surface area (Å²) in [5.74, 6) is 0.503. The Balaban J connectivity index is 0.00000128. The summed E-state index contributed by atoms with van der Waals surface area (Å²) in [6.45, 7) is 0.970. The van der Waals surface area contributed by atoms with Crippen molar-refractivity contribution in [2.75, 3.05) is 26.8 Å². The van der Waals surface area contributed by atoms with E-state index in [4.69, 9.17) is 24.1 Å². The Labute approximate surface area is 257 Å². The maximum absolute atomic E-state index is 13.8. The number of rotatable bonds is 2. The van der Waals surface area contributed by atoms with Gasteiger partial charge in [0.1, 0.15) is 22.9 Å². The number of hydrogen-bond donors (Lipinski definition) is 2. The third-order valence-electron chi connectivity index (χ3n) is 7.13. The lowest BCUT2D eigenvalue weighted by Crippen LogP contribution is -2.41. The smallest absolute Gasteiger partial charge is 0.358 e. The monoisotopic (exact) mass is 611 g/mol. The summed E-state index contributed by atoms with van der Waals surface area (Å²) in [7, 11) is 1.26. The molecule has 0 fully saturated rings. The lowest BCUT2D eigenvalue weighted by molar-refractivity contribution is -0.122. The van der Waals surface area contributed by atoms with Gasteiger partial charge in [-0.15, -0.1) is 0 Å². The Morgan fingerprint density at radius 1 is 1.02 bits per heavy atom. The number of aromatic nitrogens is 3. The molecule has 8 bridgehead atoms. The molecule has 1 unspecified atom stereocenters.